The fourth-order valence-electron chi connectivity index (χ4n) is 3.37. The molecule has 0 unspecified atom stereocenters. The number of imidazole rings is 1. The van der Waals surface area contributed by atoms with Crippen molar-refractivity contribution < 1.29 is 9.47 Å². The first-order valence-corrected chi connectivity index (χ1v) is 10.4. The smallest absolute Gasteiger partial charge is 0.194 e. The molecule has 32 heavy (non-hydrogen) atoms. The molecular weight excluding hydrogens is 517 g/mol. The van der Waals surface area contributed by atoms with Crippen LogP contribution in [0.5, 0.6) is 11.5 Å². The van der Waals surface area contributed by atoms with Crippen molar-refractivity contribution in [1.82, 2.24) is 19.8 Å². The molecule has 2 aromatic carbocycles. The molecule has 0 bridgehead atoms. The van der Waals surface area contributed by atoms with Gasteiger partial charge >= 0.3 is 0 Å². The molecule has 3 aromatic rings. The number of hydrogen-bond acceptors (Lipinski definition) is 4. The Morgan fingerprint density at radius 2 is 1.94 bits per heavy atom. The van der Waals surface area contributed by atoms with Gasteiger partial charge in [0.1, 0.15) is 11.5 Å². The summed E-state index contributed by atoms with van der Waals surface area (Å²) in [6.07, 6.45) is 5.59. The Kier molecular flexibility index (Phi) is 10.3. The van der Waals surface area contributed by atoms with Gasteiger partial charge < -0.3 is 24.3 Å². The van der Waals surface area contributed by atoms with E-state index in [-0.39, 0.29) is 24.0 Å². The topological polar surface area (TPSA) is 63.9 Å². The van der Waals surface area contributed by atoms with E-state index in [1.165, 1.54) is 11.1 Å². The minimum Gasteiger partial charge on any atom is -0.497 e. The van der Waals surface area contributed by atoms with Crippen molar-refractivity contribution in [2.24, 2.45) is 4.99 Å². The highest BCUT2D eigenvalue weighted by Crippen LogP contribution is 2.25. The first kappa shape index (κ1) is 25.5. The van der Waals surface area contributed by atoms with Gasteiger partial charge in [-0.3, -0.25) is 0 Å². The van der Waals surface area contributed by atoms with E-state index in [9.17, 15) is 0 Å². The maximum atomic E-state index is 5.54. The zero-order chi connectivity index (χ0) is 22.1. The number of rotatable bonds is 9. The lowest BCUT2D eigenvalue weighted by molar-refractivity contribution is 0.382. The molecule has 0 spiro atoms. The van der Waals surface area contributed by atoms with Gasteiger partial charge in [0.25, 0.3) is 0 Å². The van der Waals surface area contributed by atoms with Crippen LogP contribution in [0.1, 0.15) is 23.6 Å². The van der Waals surface area contributed by atoms with Crippen molar-refractivity contribution >= 4 is 29.9 Å². The van der Waals surface area contributed by atoms with Crippen molar-refractivity contribution in [3.8, 4) is 11.5 Å². The maximum Gasteiger partial charge on any atom is 0.194 e. The second-order valence-corrected chi connectivity index (χ2v) is 7.26. The molecule has 0 aliphatic rings. The molecule has 172 valence electrons. The molecule has 0 aliphatic heterocycles. The molecule has 0 saturated carbocycles. The van der Waals surface area contributed by atoms with Crippen LogP contribution in [0.15, 0.2) is 66.2 Å². The number of halogens is 1. The first-order chi connectivity index (χ1) is 15.1. The van der Waals surface area contributed by atoms with Crippen molar-refractivity contribution in [3.05, 3.63) is 77.9 Å². The van der Waals surface area contributed by atoms with E-state index in [4.69, 9.17) is 14.5 Å². The molecule has 0 amide bonds. The Bertz CT molecular complexity index is 992. The van der Waals surface area contributed by atoms with Gasteiger partial charge in [0.15, 0.2) is 5.96 Å². The van der Waals surface area contributed by atoms with Gasteiger partial charge in [0, 0.05) is 50.7 Å². The molecule has 0 aliphatic carbocycles. The van der Waals surface area contributed by atoms with E-state index in [2.05, 4.69) is 51.0 Å². The second-order valence-electron chi connectivity index (χ2n) is 7.26. The van der Waals surface area contributed by atoms with Crippen LogP contribution >= 0.6 is 24.0 Å². The molecule has 1 heterocycles. The van der Waals surface area contributed by atoms with Crippen molar-refractivity contribution in [2.45, 2.75) is 26.6 Å². The van der Waals surface area contributed by atoms with E-state index in [1.54, 1.807) is 20.4 Å². The minimum absolute atomic E-state index is 0. The van der Waals surface area contributed by atoms with Crippen LogP contribution in [0, 0.1) is 0 Å². The normalized spacial score (nSPS) is 10.9. The Labute approximate surface area is 207 Å². The Balaban J connectivity index is 0.00000363. The number of benzene rings is 2. The average molecular weight is 549 g/mol. The van der Waals surface area contributed by atoms with E-state index in [0.29, 0.717) is 13.1 Å². The van der Waals surface area contributed by atoms with Gasteiger partial charge in [-0.2, -0.15) is 0 Å². The number of nitrogens with zero attached hydrogens (tertiary/aromatic N) is 4. The molecule has 1 aromatic heterocycles. The summed E-state index contributed by atoms with van der Waals surface area (Å²) in [5.41, 5.74) is 3.47. The summed E-state index contributed by atoms with van der Waals surface area (Å²) in [5.74, 6) is 2.43. The SMILES string of the molecule is CCNC(=NCc1cccc(Cn2ccnc2)c1)N(C)Cc1ccc(OC)cc1OC.I. The summed E-state index contributed by atoms with van der Waals surface area (Å²) < 4.78 is 12.9. The van der Waals surface area contributed by atoms with E-state index in [1.807, 2.05) is 37.8 Å². The van der Waals surface area contributed by atoms with Gasteiger partial charge in [-0.15, -0.1) is 24.0 Å². The lowest BCUT2D eigenvalue weighted by Crippen LogP contribution is -2.38. The number of nitrogens with one attached hydrogen (secondary N) is 1. The number of aliphatic imine (C=N–C) groups is 1. The van der Waals surface area contributed by atoms with E-state index in [0.717, 1.165) is 36.1 Å². The fourth-order valence-corrected chi connectivity index (χ4v) is 3.37. The average Bonchev–Trinajstić information content (AvgIpc) is 3.30. The van der Waals surface area contributed by atoms with Crippen LogP contribution in [-0.2, 0) is 19.6 Å². The summed E-state index contributed by atoms with van der Waals surface area (Å²) in [7, 11) is 5.36. The highest BCUT2D eigenvalue weighted by Gasteiger charge is 2.11. The zero-order valence-corrected chi connectivity index (χ0v) is 21.4. The van der Waals surface area contributed by atoms with Crippen molar-refractivity contribution in [1.29, 1.82) is 0 Å². The zero-order valence-electron chi connectivity index (χ0n) is 19.1. The predicted octanol–water partition coefficient (Wildman–Crippen LogP) is 4.16. The first-order valence-electron chi connectivity index (χ1n) is 10.4. The maximum absolute atomic E-state index is 5.54. The predicted molar refractivity (Wildman–Crippen MR) is 139 cm³/mol. The van der Waals surface area contributed by atoms with Crippen molar-refractivity contribution in [3.63, 3.8) is 0 Å². The lowest BCUT2D eigenvalue weighted by Gasteiger charge is -2.23. The highest BCUT2D eigenvalue weighted by atomic mass is 127. The Morgan fingerprint density at radius 1 is 1.12 bits per heavy atom. The molecule has 8 heteroatoms. The monoisotopic (exact) mass is 549 g/mol. The third-order valence-electron chi connectivity index (χ3n) is 4.93. The van der Waals surface area contributed by atoms with Gasteiger partial charge in [0.2, 0.25) is 0 Å². The lowest BCUT2D eigenvalue weighted by atomic mass is 10.1. The summed E-state index contributed by atoms with van der Waals surface area (Å²) in [5, 5.41) is 3.38. The molecule has 7 nitrogen and oxygen atoms in total. The second kappa shape index (κ2) is 12.9. The van der Waals surface area contributed by atoms with Crippen LogP contribution in [0.3, 0.4) is 0 Å². The van der Waals surface area contributed by atoms with Crippen LogP contribution < -0.4 is 14.8 Å². The third-order valence-corrected chi connectivity index (χ3v) is 4.93. The largest absolute Gasteiger partial charge is 0.497 e. The quantitative estimate of drug-likeness (QED) is 0.247. The summed E-state index contributed by atoms with van der Waals surface area (Å²) in [6.45, 7) is 4.94. The molecule has 3 rings (SSSR count). The molecular formula is C24H32IN5O2. The third kappa shape index (κ3) is 7.15. The van der Waals surface area contributed by atoms with Crippen LogP contribution in [-0.4, -0.2) is 48.2 Å². The highest BCUT2D eigenvalue weighted by molar-refractivity contribution is 14.0. The summed E-state index contributed by atoms with van der Waals surface area (Å²) in [4.78, 5) is 11.1. The Morgan fingerprint density at radius 3 is 2.62 bits per heavy atom. The van der Waals surface area contributed by atoms with Gasteiger partial charge in [0.05, 0.1) is 27.1 Å². The standard InChI is InChI=1S/C24H31N5O2.HI/c1-5-26-24(28(2)17-21-9-10-22(30-3)14-23(21)31-4)27-15-19-7-6-8-20(13-19)16-29-12-11-25-18-29;/h6-14,18H,5,15-17H2,1-4H3,(H,26,27);1H. The number of methoxy groups -OCH3 is 2. The minimum atomic E-state index is 0. The Hall–Kier alpha value is -2.75. The van der Waals surface area contributed by atoms with Crippen LogP contribution in [0.25, 0.3) is 0 Å². The number of guanidine groups is 1. The van der Waals surface area contributed by atoms with E-state index >= 15 is 0 Å². The molecule has 0 fully saturated rings. The van der Waals surface area contributed by atoms with Gasteiger partial charge in [-0.1, -0.05) is 24.3 Å². The molecule has 0 saturated heterocycles. The summed E-state index contributed by atoms with van der Waals surface area (Å²) >= 11 is 0. The van der Waals surface area contributed by atoms with Gasteiger partial charge in [-0.25, -0.2) is 9.98 Å². The van der Waals surface area contributed by atoms with E-state index < -0.39 is 0 Å². The number of hydrogen-bond donors (Lipinski definition) is 1. The van der Waals surface area contributed by atoms with Crippen LogP contribution in [0.2, 0.25) is 0 Å². The van der Waals surface area contributed by atoms with Crippen molar-refractivity contribution in [2.75, 3.05) is 27.8 Å². The number of aromatic nitrogens is 2. The number of ether oxygens (including phenoxy) is 2. The van der Waals surface area contributed by atoms with Gasteiger partial charge in [-0.05, 0) is 30.2 Å². The van der Waals surface area contributed by atoms with Crippen LogP contribution in [0.4, 0.5) is 0 Å². The molecule has 1 N–H and O–H groups in total. The summed E-state index contributed by atoms with van der Waals surface area (Å²) in [6, 6.07) is 14.4. The molecule has 0 atom stereocenters. The fraction of sp³-hybridized carbons (Fsp3) is 0.333. The molecule has 0 radical (unpaired) electrons.